The first-order valence-electron chi connectivity index (χ1n) is 4.29. The topological polar surface area (TPSA) is 46.2 Å². The first-order valence-corrected chi connectivity index (χ1v) is 4.29. The molecule has 1 N–H and O–H groups in total. The molecule has 0 aliphatic heterocycles. The third kappa shape index (κ3) is 3.51. The molecule has 0 spiro atoms. The minimum atomic E-state index is -0.306. The predicted octanol–water partition coefficient (Wildman–Crippen LogP) is 1.13. The molecule has 1 unspecified atom stereocenters. The Labute approximate surface area is 73.5 Å². The third-order valence-corrected chi connectivity index (χ3v) is 1.74. The van der Waals surface area contributed by atoms with Crippen molar-refractivity contribution in [1.82, 2.24) is 5.32 Å². The molecule has 0 radical (unpaired) electrons. The molecule has 0 saturated carbocycles. The smallest absolute Gasteiger partial charge is 0.223 e. The normalized spacial score (nSPS) is 12.8. The highest BCUT2D eigenvalue weighted by atomic mass is 16.2. The molecule has 0 heterocycles. The van der Waals surface area contributed by atoms with E-state index in [1.54, 1.807) is 0 Å². The largest absolute Gasteiger partial charge is 0.346 e. The Bertz CT molecular complexity index is 175. The fraction of sp³-hybridized carbons (Fsp3) is 0.778. The number of carbonyl (C=O) groups excluding carboxylic acids is 2. The van der Waals surface area contributed by atoms with Gasteiger partial charge in [-0.3, -0.25) is 9.59 Å². The summed E-state index contributed by atoms with van der Waals surface area (Å²) in [6.45, 7) is 6.99. The van der Waals surface area contributed by atoms with Crippen LogP contribution in [-0.2, 0) is 9.59 Å². The van der Waals surface area contributed by atoms with Gasteiger partial charge in [-0.1, -0.05) is 20.8 Å². The van der Waals surface area contributed by atoms with Gasteiger partial charge in [0.1, 0.15) is 0 Å². The van der Waals surface area contributed by atoms with Crippen LogP contribution in [-0.4, -0.2) is 17.7 Å². The van der Waals surface area contributed by atoms with Crippen molar-refractivity contribution >= 4 is 11.7 Å². The number of hydrogen-bond donors (Lipinski definition) is 1. The number of Topliss-reactive ketones (excluding diaryl/α,β-unsaturated/α-hetero) is 1. The minimum Gasteiger partial charge on any atom is -0.346 e. The summed E-state index contributed by atoms with van der Waals surface area (Å²) in [7, 11) is 0. The number of rotatable bonds is 4. The maximum Gasteiger partial charge on any atom is 0.223 e. The average molecular weight is 171 g/mol. The van der Waals surface area contributed by atoms with E-state index in [0.717, 1.165) is 0 Å². The van der Waals surface area contributed by atoms with Crippen LogP contribution < -0.4 is 5.32 Å². The molecule has 0 bridgehead atoms. The van der Waals surface area contributed by atoms with Crippen LogP contribution in [0.4, 0.5) is 0 Å². The van der Waals surface area contributed by atoms with E-state index in [0.29, 0.717) is 6.42 Å². The lowest BCUT2D eigenvalue weighted by Gasteiger charge is -2.14. The van der Waals surface area contributed by atoms with Crippen LogP contribution in [0.1, 0.15) is 34.1 Å². The molecule has 1 amide bonds. The number of nitrogens with one attached hydrogen (secondary N) is 1. The van der Waals surface area contributed by atoms with Gasteiger partial charge in [-0.05, 0) is 13.3 Å². The summed E-state index contributed by atoms with van der Waals surface area (Å²) in [5.74, 6) is -0.0954. The van der Waals surface area contributed by atoms with Gasteiger partial charge in [0.15, 0.2) is 5.78 Å². The van der Waals surface area contributed by atoms with Crippen LogP contribution >= 0.6 is 0 Å². The Morgan fingerprint density at radius 2 is 1.83 bits per heavy atom. The molecule has 1 atom stereocenters. The van der Waals surface area contributed by atoms with E-state index in [-0.39, 0.29) is 23.7 Å². The third-order valence-electron chi connectivity index (χ3n) is 1.74. The molecule has 0 aliphatic rings. The van der Waals surface area contributed by atoms with Crippen molar-refractivity contribution in [3.05, 3.63) is 0 Å². The van der Waals surface area contributed by atoms with E-state index in [2.05, 4.69) is 5.32 Å². The predicted molar refractivity (Wildman–Crippen MR) is 47.7 cm³/mol. The van der Waals surface area contributed by atoms with Crippen LogP contribution in [0.5, 0.6) is 0 Å². The zero-order valence-electron chi connectivity index (χ0n) is 8.18. The molecular weight excluding hydrogens is 154 g/mol. The van der Waals surface area contributed by atoms with E-state index in [9.17, 15) is 9.59 Å². The number of carbonyl (C=O) groups is 2. The van der Waals surface area contributed by atoms with Crippen molar-refractivity contribution < 1.29 is 9.59 Å². The van der Waals surface area contributed by atoms with Gasteiger partial charge in [0.2, 0.25) is 5.91 Å². The number of amides is 1. The van der Waals surface area contributed by atoms with Crippen molar-refractivity contribution in [2.24, 2.45) is 5.92 Å². The van der Waals surface area contributed by atoms with Crippen molar-refractivity contribution in [2.45, 2.75) is 40.2 Å². The molecule has 0 aliphatic carbocycles. The second kappa shape index (κ2) is 4.91. The fourth-order valence-electron chi connectivity index (χ4n) is 0.830. The van der Waals surface area contributed by atoms with Crippen LogP contribution in [0.3, 0.4) is 0 Å². The van der Waals surface area contributed by atoms with E-state index < -0.39 is 0 Å². The number of ketones is 1. The molecule has 0 fully saturated rings. The van der Waals surface area contributed by atoms with Gasteiger partial charge in [0.25, 0.3) is 0 Å². The summed E-state index contributed by atoms with van der Waals surface area (Å²) in [5.41, 5.74) is 0. The molecule has 0 aromatic rings. The van der Waals surface area contributed by atoms with Crippen molar-refractivity contribution in [3.63, 3.8) is 0 Å². The number of hydrogen-bond acceptors (Lipinski definition) is 2. The van der Waals surface area contributed by atoms with Gasteiger partial charge in [0.05, 0.1) is 6.04 Å². The highest BCUT2D eigenvalue weighted by molar-refractivity contribution is 5.87. The standard InChI is InChI=1S/C9H17NO2/c1-5-8(7(4)11)10-9(12)6(2)3/h6,8H,5H2,1-4H3,(H,10,12). The maximum absolute atomic E-state index is 11.2. The first kappa shape index (κ1) is 11.1. The molecule has 0 saturated heterocycles. The minimum absolute atomic E-state index is 0.0199. The molecular formula is C9H17NO2. The Hall–Kier alpha value is -0.860. The molecule has 0 rings (SSSR count). The summed E-state index contributed by atoms with van der Waals surface area (Å²) in [5, 5.41) is 2.68. The molecule has 12 heavy (non-hydrogen) atoms. The van der Waals surface area contributed by atoms with E-state index >= 15 is 0 Å². The molecule has 70 valence electrons. The first-order chi connectivity index (χ1) is 5.49. The summed E-state index contributed by atoms with van der Waals surface area (Å²) in [6, 6.07) is -0.306. The van der Waals surface area contributed by atoms with Crippen LogP contribution in [0.2, 0.25) is 0 Å². The maximum atomic E-state index is 11.2. The Morgan fingerprint density at radius 1 is 1.33 bits per heavy atom. The molecule has 3 nitrogen and oxygen atoms in total. The van der Waals surface area contributed by atoms with Crippen LogP contribution in [0.15, 0.2) is 0 Å². The van der Waals surface area contributed by atoms with Crippen molar-refractivity contribution in [1.29, 1.82) is 0 Å². The van der Waals surface area contributed by atoms with Crippen molar-refractivity contribution in [2.75, 3.05) is 0 Å². The summed E-state index contributed by atoms with van der Waals surface area (Å²) < 4.78 is 0. The van der Waals surface area contributed by atoms with Crippen molar-refractivity contribution in [3.8, 4) is 0 Å². The highest BCUT2D eigenvalue weighted by Gasteiger charge is 2.15. The SMILES string of the molecule is CCC(NC(=O)C(C)C)C(C)=O. The lowest BCUT2D eigenvalue weighted by Crippen LogP contribution is -2.41. The van der Waals surface area contributed by atoms with Crippen LogP contribution in [0, 0.1) is 5.92 Å². The summed E-state index contributed by atoms with van der Waals surface area (Å²) in [4.78, 5) is 22.1. The van der Waals surface area contributed by atoms with Gasteiger partial charge in [0, 0.05) is 5.92 Å². The zero-order valence-corrected chi connectivity index (χ0v) is 8.18. The molecule has 3 heteroatoms. The van der Waals surface area contributed by atoms with E-state index in [4.69, 9.17) is 0 Å². The highest BCUT2D eigenvalue weighted by Crippen LogP contribution is 1.97. The average Bonchev–Trinajstić information content (AvgIpc) is 1.98. The second-order valence-electron chi connectivity index (χ2n) is 3.23. The van der Waals surface area contributed by atoms with Gasteiger partial charge < -0.3 is 5.32 Å². The monoisotopic (exact) mass is 171 g/mol. The van der Waals surface area contributed by atoms with Gasteiger partial charge in [-0.2, -0.15) is 0 Å². The Kier molecular flexibility index (Phi) is 4.55. The van der Waals surface area contributed by atoms with E-state index in [1.807, 2.05) is 20.8 Å². The van der Waals surface area contributed by atoms with Crippen LogP contribution in [0.25, 0.3) is 0 Å². The van der Waals surface area contributed by atoms with Gasteiger partial charge in [-0.15, -0.1) is 0 Å². The summed E-state index contributed by atoms with van der Waals surface area (Å²) in [6.07, 6.45) is 0.661. The molecule has 0 aromatic heterocycles. The lowest BCUT2D eigenvalue weighted by molar-refractivity contribution is -0.128. The molecule has 0 aromatic carbocycles. The zero-order chi connectivity index (χ0) is 9.72. The Balaban J connectivity index is 4.03. The summed E-state index contributed by atoms with van der Waals surface area (Å²) >= 11 is 0. The second-order valence-corrected chi connectivity index (χ2v) is 3.23. The van der Waals surface area contributed by atoms with Gasteiger partial charge >= 0.3 is 0 Å². The lowest BCUT2D eigenvalue weighted by atomic mass is 10.1. The van der Waals surface area contributed by atoms with Gasteiger partial charge in [-0.25, -0.2) is 0 Å². The Morgan fingerprint density at radius 3 is 2.08 bits per heavy atom. The van der Waals surface area contributed by atoms with E-state index in [1.165, 1.54) is 6.92 Å². The quantitative estimate of drug-likeness (QED) is 0.689. The fourth-order valence-corrected chi connectivity index (χ4v) is 0.830.